The van der Waals surface area contributed by atoms with Gasteiger partial charge in [-0.05, 0) is 25.5 Å². The molecule has 0 bridgehead atoms. The van der Waals surface area contributed by atoms with E-state index in [1.165, 1.54) is 0 Å². The van der Waals surface area contributed by atoms with Gasteiger partial charge in [-0.3, -0.25) is 11.3 Å². The first kappa shape index (κ1) is 12.7. The molecule has 4 nitrogen and oxygen atoms in total. The zero-order valence-corrected chi connectivity index (χ0v) is 10.5. The zero-order chi connectivity index (χ0) is 12.8. The Bertz CT molecular complexity index is 451. The molecular formula is C14H18N2O2. The van der Waals surface area contributed by atoms with Crippen LogP contribution in [0.4, 0.5) is 0 Å². The molecule has 0 saturated carbocycles. The molecule has 18 heavy (non-hydrogen) atoms. The van der Waals surface area contributed by atoms with Crippen molar-refractivity contribution in [1.29, 1.82) is 0 Å². The lowest BCUT2D eigenvalue weighted by molar-refractivity contribution is 0.0599. The standard InChI is InChI=1S/C14H18N2O2/c1-2-3-4-7-11(16-15)14-10-17-12-8-5-6-9-13(12)18-14/h5-6,8-9,11,14,16H,4,7,10,15H2,1H3. The Hall–Kier alpha value is -1.70. The summed E-state index contributed by atoms with van der Waals surface area (Å²) < 4.78 is 11.6. The van der Waals surface area contributed by atoms with Crippen LogP contribution in [-0.4, -0.2) is 18.8 Å². The molecular weight excluding hydrogens is 228 g/mol. The quantitative estimate of drug-likeness (QED) is 0.480. The minimum atomic E-state index is -0.0800. The van der Waals surface area contributed by atoms with Crippen LogP contribution in [0.2, 0.25) is 0 Å². The fraction of sp³-hybridized carbons (Fsp3) is 0.429. The fourth-order valence-electron chi connectivity index (χ4n) is 1.96. The first-order valence-corrected chi connectivity index (χ1v) is 6.09. The predicted molar refractivity (Wildman–Crippen MR) is 70.1 cm³/mol. The molecule has 1 aromatic carbocycles. The normalized spacial score (nSPS) is 18.7. The van der Waals surface area contributed by atoms with Crippen molar-refractivity contribution in [3.63, 3.8) is 0 Å². The van der Waals surface area contributed by atoms with Crippen molar-refractivity contribution in [2.45, 2.75) is 31.9 Å². The van der Waals surface area contributed by atoms with Gasteiger partial charge in [-0.25, -0.2) is 0 Å². The summed E-state index contributed by atoms with van der Waals surface area (Å²) in [6.45, 7) is 2.34. The molecule has 96 valence electrons. The highest BCUT2D eigenvalue weighted by molar-refractivity contribution is 5.40. The first-order valence-electron chi connectivity index (χ1n) is 6.09. The van der Waals surface area contributed by atoms with Crippen molar-refractivity contribution in [2.24, 2.45) is 5.84 Å². The molecule has 3 N–H and O–H groups in total. The van der Waals surface area contributed by atoms with Gasteiger partial charge in [0.1, 0.15) is 12.7 Å². The average molecular weight is 246 g/mol. The van der Waals surface area contributed by atoms with Gasteiger partial charge in [-0.1, -0.05) is 12.1 Å². The molecule has 0 spiro atoms. The molecule has 1 aliphatic rings. The summed E-state index contributed by atoms with van der Waals surface area (Å²) in [5.41, 5.74) is 2.79. The van der Waals surface area contributed by atoms with E-state index in [0.29, 0.717) is 6.61 Å². The molecule has 0 amide bonds. The molecule has 4 heteroatoms. The van der Waals surface area contributed by atoms with Crippen LogP contribution >= 0.6 is 0 Å². The zero-order valence-electron chi connectivity index (χ0n) is 10.5. The smallest absolute Gasteiger partial charge is 0.161 e. The Morgan fingerprint density at radius 1 is 1.44 bits per heavy atom. The highest BCUT2D eigenvalue weighted by Crippen LogP contribution is 2.31. The molecule has 2 rings (SSSR count). The van der Waals surface area contributed by atoms with E-state index in [4.69, 9.17) is 15.3 Å². The first-order chi connectivity index (χ1) is 8.85. The number of nitrogens with two attached hydrogens (primary N) is 1. The van der Waals surface area contributed by atoms with Crippen LogP contribution in [0.1, 0.15) is 19.8 Å². The highest BCUT2D eigenvalue weighted by atomic mass is 16.6. The molecule has 0 radical (unpaired) electrons. The molecule has 2 atom stereocenters. The Labute approximate surface area is 107 Å². The summed E-state index contributed by atoms with van der Waals surface area (Å²) in [6, 6.07) is 7.70. The number of rotatable bonds is 4. The maximum Gasteiger partial charge on any atom is 0.161 e. The lowest BCUT2D eigenvalue weighted by Crippen LogP contribution is -2.50. The molecule has 0 fully saturated rings. The third kappa shape index (κ3) is 2.95. The van der Waals surface area contributed by atoms with Crippen molar-refractivity contribution in [1.82, 2.24) is 5.43 Å². The minimum Gasteiger partial charge on any atom is -0.486 e. The second-order valence-electron chi connectivity index (χ2n) is 4.15. The molecule has 1 aromatic rings. The molecule has 0 aromatic heterocycles. The van der Waals surface area contributed by atoms with Crippen molar-refractivity contribution in [3.8, 4) is 23.3 Å². The second kappa shape index (κ2) is 6.29. The van der Waals surface area contributed by atoms with Gasteiger partial charge in [0.15, 0.2) is 11.5 Å². The van der Waals surface area contributed by atoms with Crippen LogP contribution in [0.3, 0.4) is 0 Å². The number of hydrazine groups is 1. The maximum absolute atomic E-state index is 5.90. The Kier molecular flexibility index (Phi) is 4.46. The van der Waals surface area contributed by atoms with Crippen LogP contribution in [-0.2, 0) is 0 Å². The fourth-order valence-corrected chi connectivity index (χ4v) is 1.96. The summed E-state index contributed by atoms with van der Waals surface area (Å²) in [4.78, 5) is 0. The van der Waals surface area contributed by atoms with Gasteiger partial charge in [-0.15, -0.1) is 11.8 Å². The van der Waals surface area contributed by atoms with Crippen LogP contribution in [0, 0.1) is 11.8 Å². The average Bonchev–Trinajstić information content (AvgIpc) is 2.43. The van der Waals surface area contributed by atoms with E-state index >= 15 is 0 Å². The highest BCUT2D eigenvalue weighted by Gasteiger charge is 2.27. The van der Waals surface area contributed by atoms with E-state index in [-0.39, 0.29) is 12.1 Å². The third-order valence-electron chi connectivity index (χ3n) is 2.95. The van der Waals surface area contributed by atoms with Gasteiger partial charge >= 0.3 is 0 Å². The number of fused-ring (bicyclic) bond motifs is 1. The van der Waals surface area contributed by atoms with Crippen LogP contribution < -0.4 is 20.7 Å². The Morgan fingerprint density at radius 3 is 2.94 bits per heavy atom. The van der Waals surface area contributed by atoms with Crippen molar-refractivity contribution < 1.29 is 9.47 Å². The van der Waals surface area contributed by atoms with Crippen LogP contribution in [0.15, 0.2) is 24.3 Å². The van der Waals surface area contributed by atoms with Crippen molar-refractivity contribution in [2.75, 3.05) is 6.61 Å². The van der Waals surface area contributed by atoms with Crippen LogP contribution in [0.25, 0.3) is 0 Å². The van der Waals surface area contributed by atoms with Crippen molar-refractivity contribution in [3.05, 3.63) is 24.3 Å². The minimum absolute atomic E-state index is 0.0409. The lowest BCUT2D eigenvalue weighted by atomic mass is 10.1. The topological polar surface area (TPSA) is 56.5 Å². The summed E-state index contributed by atoms with van der Waals surface area (Å²) in [5.74, 6) is 13.0. The molecule has 0 aliphatic carbocycles. The van der Waals surface area contributed by atoms with Crippen LogP contribution in [0.5, 0.6) is 11.5 Å². The van der Waals surface area contributed by atoms with Gasteiger partial charge in [0.25, 0.3) is 0 Å². The lowest BCUT2D eigenvalue weighted by Gasteiger charge is -2.31. The number of benzene rings is 1. The largest absolute Gasteiger partial charge is 0.486 e. The van der Waals surface area contributed by atoms with E-state index in [2.05, 4.69) is 17.3 Å². The Balaban J connectivity index is 1.99. The maximum atomic E-state index is 5.90. The number of hydrogen-bond donors (Lipinski definition) is 2. The number of nitrogens with one attached hydrogen (secondary N) is 1. The van der Waals surface area contributed by atoms with E-state index in [1.54, 1.807) is 0 Å². The molecule has 1 heterocycles. The SMILES string of the molecule is CC#CCCC(NN)C1COc2ccccc2O1. The van der Waals surface area contributed by atoms with E-state index < -0.39 is 0 Å². The van der Waals surface area contributed by atoms with E-state index in [1.807, 2.05) is 31.2 Å². The van der Waals surface area contributed by atoms with E-state index in [0.717, 1.165) is 24.3 Å². The van der Waals surface area contributed by atoms with Crippen molar-refractivity contribution >= 4 is 0 Å². The Morgan fingerprint density at radius 2 is 2.22 bits per heavy atom. The summed E-state index contributed by atoms with van der Waals surface area (Å²) in [6.07, 6.45) is 1.56. The van der Waals surface area contributed by atoms with Gasteiger partial charge in [0, 0.05) is 6.42 Å². The van der Waals surface area contributed by atoms with Gasteiger partial charge < -0.3 is 9.47 Å². The molecule has 1 aliphatic heterocycles. The van der Waals surface area contributed by atoms with E-state index in [9.17, 15) is 0 Å². The number of para-hydroxylation sites is 2. The van der Waals surface area contributed by atoms with Gasteiger partial charge in [-0.2, -0.15) is 0 Å². The second-order valence-corrected chi connectivity index (χ2v) is 4.15. The van der Waals surface area contributed by atoms with Gasteiger partial charge in [0.2, 0.25) is 0 Å². The molecule has 0 saturated heterocycles. The number of hydrogen-bond acceptors (Lipinski definition) is 4. The summed E-state index contributed by atoms with van der Waals surface area (Å²) in [5, 5.41) is 0. The van der Waals surface area contributed by atoms with Gasteiger partial charge in [0.05, 0.1) is 6.04 Å². The molecule has 2 unspecified atom stereocenters. The summed E-state index contributed by atoms with van der Waals surface area (Å²) >= 11 is 0. The summed E-state index contributed by atoms with van der Waals surface area (Å²) in [7, 11) is 0. The number of ether oxygens (including phenoxy) is 2. The predicted octanol–water partition coefficient (Wildman–Crippen LogP) is 1.46. The monoisotopic (exact) mass is 246 g/mol. The third-order valence-corrected chi connectivity index (χ3v) is 2.95.